The highest BCUT2D eigenvalue weighted by Crippen LogP contribution is 2.06. The predicted octanol–water partition coefficient (Wildman–Crippen LogP) is 3.57. The van der Waals surface area contributed by atoms with Crippen LogP contribution in [0.2, 0.25) is 0 Å². The summed E-state index contributed by atoms with van der Waals surface area (Å²) in [4.78, 5) is 4.26. The van der Waals surface area contributed by atoms with Crippen LogP contribution < -0.4 is 10.6 Å². The molecule has 0 aromatic heterocycles. The van der Waals surface area contributed by atoms with Crippen LogP contribution in [0.1, 0.15) is 38.3 Å². The van der Waals surface area contributed by atoms with Gasteiger partial charge in [0.1, 0.15) is 0 Å². The molecular formula is C19H34IN3O2. The molecule has 6 heteroatoms. The van der Waals surface area contributed by atoms with Crippen LogP contribution in [-0.2, 0) is 22.6 Å². The average Bonchev–Trinajstić information content (AvgIpc) is 2.58. The van der Waals surface area contributed by atoms with Crippen LogP contribution in [0.25, 0.3) is 0 Å². The normalized spacial score (nSPS) is 11.3. The van der Waals surface area contributed by atoms with E-state index in [0.29, 0.717) is 25.7 Å². The van der Waals surface area contributed by atoms with Crippen LogP contribution in [0.5, 0.6) is 0 Å². The van der Waals surface area contributed by atoms with Gasteiger partial charge in [-0.05, 0) is 30.4 Å². The van der Waals surface area contributed by atoms with Gasteiger partial charge in [0, 0.05) is 26.7 Å². The Labute approximate surface area is 170 Å². The second-order valence-electron chi connectivity index (χ2n) is 6.10. The van der Waals surface area contributed by atoms with Gasteiger partial charge in [-0.15, -0.1) is 24.0 Å². The lowest BCUT2D eigenvalue weighted by Gasteiger charge is -2.13. The molecule has 0 spiro atoms. The number of rotatable bonds is 11. The summed E-state index contributed by atoms with van der Waals surface area (Å²) >= 11 is 0. The van der Waals surface area contributed by atoms with E-state index in [-0.39, 0.29) is 24.0 Å². The Morgan fingerprint density at radius 2 is 1.84 bits per heavy atom. The first-order valence-corrected chi connectivity index (χ1v) is 8.83. The maximum atomic E-state index is 5.62. The smallest absolute Gasteiger partial charge is 0.191 e. The number of guanidine groups is 1. The first-order chi connectivity index (χ1) is 11.7. The molecule has 1 aromatic rings. The largest absolute Gasteiger partial charge is 0.379 e. The first kappa shape index (κ1) is 24.1. The Morgan fingerprint density at radius 1 is 1.12 bits per heavy atom. The minimum Gasteiger partial charge on any atom is -0.379 e. The zero-order valence-corrected chi connectivity index (χ0v) is 18.3. The van der Waals surface area contributed by atoms with Crippen molar-refractivity contribution in [1.82, 2.24) is 10.6 Å². The minimum atomic E-state index is 0. The molecule has 25 heavy (non-hydrogen) atoms. The fourth-order valence-corrected chi connectivity index (χ4v) is 2.17. The fourth-order valence-electron chi connectivity index (χ4n) is 2.17. The lowest BCUT2D eigenvalue weighted by Crippen LogP contribution is -2.37. The highest BCUT2D eigenvalue weighted by Gasteiger charge is 2.01. The van der Waals surface area contributed by atoms with Gasteiger partial charge in [0.15, 0.2) is 5.96 Å². The van der Waals surface area contributed by atoms with Gasteiger partial charge in [-0.2, -0.15) is 0 Å². The number of benzene rings is 1. The van der Waals surface area contributed by atoms with Crippen molar-refractivity contribution >= 4 is 29.9 Å². The highest BCUT2D eigenvalue weighted by molar-refractivity contribution is 14.0. The van der Waals surface area contributed by atoms with Gasteiger partial charge in [-0.3, -0.25) is 4.99 Å². The van der Waals surface area contributed by atoms with E-state index in [1.165, 1.54) is 11.1 Å². The van der Waals surface area contributed by atoms with Crippen LogP contribution in [0.15, 0.2) is 29.3 Å². The van der Waals surface area contributed by atoms with Crippen molar-refractivity contribution in [2.24, 2.45) is 10.9 Å². The molecule has 0 unspecified atom stereocenters. The van der Waals surface area contributed by atoms with Crippen LogP contribution in [0.3, 0.4) is 0 Å². The van der Waals surface area contributed by atoms with Crippen molar-refractivity contribution in [3.05, 3.63) is 35.4 Å². The number of nitrogens with one attached hydrogen (secondary N) is 2. The van der Waals surface area contributed by atoms with E-state index in [9.17, 15) is 0 Å². The van der Waals surface area contributed by atoms with Crippen molar-refractivity contribution in [2.75, 3.05) is 33.4 Å². The number of nitrogens with zero attached hydrogens (tertiary/aromatic N) is 1. The van der Waals surface area contributed by atoms with E-state index < -0.39 is 0 Å². The topological polar surface area (TPSA) is 54.9 Å². The van der Waals surface area contributed by atoms with E-state index in [2.05, 4.69) is 53.7 Å². The Kier molecular flexibility index (Phi) is 14.9. The van der Waals surface area contributed by atoms with Gasteiger partial charge in [-0.25, -0.2) is 0 Å². The van der Waals surface area contributed by atoms with Crippen molar-refractivity contribution in [3.8, 4) is 0 Å². The summed E-state index contributed by atoms with van der Waals surface area (Å²) in [5.74, 6) is 1.53. The fraction of sp³-hybridized carbons (Fsp3) is 0.632. The maximum absolute atomic E-state index is 5.62. The average molecular weight is 463 g/mol. The molecule has 1 aromatic carbocycles. The van der Waals surface area contributed by atoms with Crippen molar-refractivity contribution in [3.63, 3.8) is 0 Å². The van der Waals surface area contributed by atoms with Gasteiger partial charge in [0.2, 0.25) is 0 Å². The molecule has 0 aliphatic heterocycles. The third kappa shape index (κ3) is 12.2. The molecule has 0 atom stereocenters. The summed E-state index contributed by atoms with van der Waals surface area (Å²) in [7, 11) is 1.80. The third-order valence-corrected chi connectivity index (χ3v) is 3.53. The third-order valence-electron chi connectivity index (χ3n) is 3.53. The highest BCUT2D eigenvalue weighted by atomic mass is 127. The van der Waals surface area contributed by atoms with Gasteiger partial charge >= 0.3 is 0 Å². The molecule has 1 rings (SSSR count). The molecule has 0 saturated heterocycles. The monoisotopic (exact) mass is 463 g/mol. The van der Waals surface area contributed by atoms with Gasteiger partial charge in [-0.1, -0.05) is 38.1 Å². The second-order valence-corrected chi connectivity index (χ2v) is 6.10. The standard InChI is InChI=1S/C19H33N3O2.HI/c1-5-23-11-12-24-15-18-8-6-7-17(13-18)14-22-19(20-4)21-10-9-16(2)3;/h6-8,13,16H,5,9-12,14-15H2,1-4H3,(H2,20,21,22);1H. The summed E-state index contributed by atoms with van der Waals surface area (Å²) in [6.45, 7) is 10.7. The molecule has 0 aliphatic rings. The summed E-state index contributed by atoms with van der Waals surface area (Å²) in [6.07, 6.45) is 1.13. The molecule has 2 N–H and O–H groups in total. The molecule has 0 bridgehead atoms. The molecule has 0 fully saturated rings. The van der Waals surface area contributed by atoms with Gasteiger partial charge < -0.3 is 20.1 Å². The molecule has 0 radical (unpaired) electrons. The zero-order valence-electron chi connectivity index (χ0n) is 16.0. The minimum absolute atomic E-state index is 0. The first-order valence-electron chi connectivity index (χ1n) is 8.83. The SMILES string of the molecule is CCOCCOCc1cccc(CNC(=NC)NCCC(C)C)c1.I. The van der Waals surface area contributed by atoms with Crippen LogP contribution in [0, 0.1) is 5.92 Å². The molecule has 5 nitrogen and oxygen atoms in total. The van der Waals surface area contributed by atoms with E-state index in [0.717, 1.165) is 32.1 Å². The Bertz CT molecular complexity index is 481. The predicted molar refractivity (Wildman–Crippen MR) is 116 cm³/mol. The Hall–Kier alpha value is -0.860. The zero-order chi connectivity index (χ0) is 17.6. The van der Waals surface area contributed by atoms with Crippen LogP contribution in [-0.4, -0.2) is 39.4 Å². The molecule has 144 valence electrons. The molecule has 0 aliphatic carbocycles. The number of aliphatic imine (C=N–C) groups is 1. The molecular weight excluding hydrogens is 429 g/mol. The second kappa shape index (κ2) is 15.4. The molecule has 0 saturated carbocycles. The van der Waals surface area contributed by atoms with E-state index in [4.69, 9.17) is 9.47 Å². The quantitative estimate of drug-likeness (QED) is 0.228. The van der Waals surface area contributed by atoms with E-state index in [1.807, 2.05) is 6.92 Å². The van der Waals surface area contributed by atoms with Crippen molar-refractivity contribution in [1.29, 1.82) is 0 Å². The van der Waals surface area contributed by atoms with E-state index >= 15 is 0 Å². The van der Waals surface area contributed by atoms with Crippen molar-refractivity contribution in [2.45, 2.75) is 40.3 Å². The number of hydrogen-bond donors (Lipinski definition) is 2. The van der Waals surface area contributed by atoms with Crippen LogP contribution >= 0.6 is 24.0 Å². The number of ether oxygens (including phenoxy) is 2. The van der Waals surface area contributed by atoms with Crippen LogP contribution in [0.4, 0.5) is 0 Å². The number of halogens is 1. The van der Waals surface area contributed by atoms with Gasteiger partial charge in [0.05, 0.1) is 19.8 Å². The lowest BCUT2D eigenvalue weighted by atomic mass is 10.1. The summed E-state index contributed by atoms with van der Waals surface area (Å²) in [5.41, 5.74) is 2.39. The summed E-state index contributed by atoms with van der Waals surface area (Å²) < 4.78 is 10.9. The Morgan fingerprint density at radius 3 is 2.52 bits per heavy atom. The molecule has 0 amide bonds. The molecule has 0 heterocycles. The lowest BCUT2D eigenvalue weighted by molar-refractivity contribution is 0.0453. The maximum Gasteiger partial charge on any atom is 0.191 e. The van der Waals surface area contributed by atoms with E-state index in [1.54, 1.807) is 7.05 Å². The summed E-state index contributed by atoms with van der Waals surface area (Å²) in [5, 5.41) is 6.69. The number of hydrogen-bond acceptors (Lipinski definition) is 3. The Balaban J connectivity index is 0.00000576. The van der Waals surface area contributed by atoms with Crippen molar-refractivity contribution < 1.29 is 9.47 Å². The van der Waals surface area contributed by atoms with Gasteiger partial charge in [0.25, 0.3) is 0 Å². The summed E-state index contributed by atoms with van der Waals surface area (Å²) in [6, 6.07) is 8.42.